The van der Waals surface area contributed by atoms with E-state index in [-0.39, 0.29) is 29.3 Å². The van der Waals surface area contributed by atoms with Gasteiger partial charge in [-0.3, -0.25) is 4.79 Å². The van der Waals surface area contributed by atoms with E-state index in [0.29, 0.717) is 5.56 Å². The second kappa shape index (κ2) is 8.19. The third kappa shape index (κ3) is 5.09. The normalized spacial score (nSPS) is 11.3. The highest BCUT2D eigenvalue weighted by molar-refractivity contribution is 7.89. The van der Waals surface area contributed by atoms with Gasteiger partial charge in [-0.1, -0.05) is 12.1 Å². The SMILES string of the molecule is COCCNS(=O)(=O)c1ccc(C)c(C(=O)Nc2cccc(F)c2)c1. The topological polar surface area (TPSA) is 84.5 Å². The maximum Gasteiger partial charge on any atom is 0.255 e. The lowest BCUT2D eigenvalue weighted by molar-refractivity contribution is 0.102. The number of hydrogen-bond donors (Lipinski definition) is 2. The summed E-state index contributed by atoms with van der Waals surface area (Å²) in [7, 11) is -2.29. The Morgan fingerprint density at radius 1 is 1.20 bits per heavy atom. The third-order valence-corrected chi connectivity index (χ3v) is 4.90. The number of halogens is 1. The average Bonchev–Trinajstić information content (AvgIpc) is 2.55. The van der Waals surface area contributed by atoms with Crippen molar-refractivity contribution in [3.8, 4) is 0 Å². The van der Waals surface area contributed by atoms with Gasteiger partial charge in [0.15, 0.2) is 0 Å². The van der Waals surface area contributed by atoms with Crippen LogP contribution in [0.1, 0.15) is 15.9 Å². The lowest BCUT2D eigenvalue weighted by atomic mass is 10.1. The number of nitrogens with one attached hydrogen (secondary N) is 2. The molecular weight excluding hydrogens is 347 g/mol. The molecule has 0 aromatic heterocycles. The molecular formula is C17H19FN2O4S. The van der Waals surface area contributed by atoms with Gasteiger partial charge in [0.05, 0.1) is 11.5 Å². The molecule has 0 saturated heterocycles. The zero-order chi connectivity index (χ0) is 18.4. The van der Waals surface area contributed by atoms with Gasteiger partial charge >= 0.3 is 0 Å². The first-order chi connectivity index (χ1) is 11.8. The Balaban J connectivity index is 2.25. The van der Waals surface area contributed by atoms with Crippen LogP contribution in [0.2, 0.25) is 0 Å². The molecule has 0 aliphatic heterocycles. The van der Waals surface area contributed by atoms with E-state index in [0.717, 1.165) is 0 Å². The number of carbonyl (C=O) groups excluding carboxylic acids is 1. The molecule has 2 rings (SSSR count). The van der Waals surface area contributed by atoms with E-state index >= 15 is 0 Å². The minimum Gasteiger partial charge on any atom is -0.383 e. The zero-order valence-electron chi connectivity index (χ0n) is 13.9. The molecule has 1 amide bonds. The van der Waals surface area contributed by atoms with Gasteiger partial charge in [0.25, 0.3) is 5.91 Å². The predicted octanol–water partition coefficient (Wildman–Crippen LogP) is 2.31. The summed E-state index contributed by atoms with van der Waals surface area (Å²) in [5.74, 6) is -0.995. The number of amides is 1. The Labute approximate surface area is 146 Å². The Kier molecular flexibility index (Phi) is 6.24. The number of sulfonamides is 1. The summed E-state index contributed by atoms with van der Waals surface area (Å²) < 4.78 is 44.9. The third-order valence-electron chi connectivity index (χ3n) is 3.44. The number of ether oxygens (including phenoxy) is 1. The number of aryl methyl sites for hydroxylation is 1. The fourth-order valence-corrected chi connectivity index (χ4v) is 3.18. The molecule has 2 N–H and O–H groups in total. The number of rotatable bonds is 7. The molecule has 0 saturated carbocycles. The van der Waals surface area contributed by atoms with Gasteiger partial charge in [0.2, 0.25) is 10.0 Å². The second-order valence-electron chi connectivity index (χ2n) is 5.33. The van der Waals surface area contributed by atoms with Crippen molar-refractivity contribution in [3.05, 3.63) is 59.4 Å². The first-order valence-corrected chi connectivity index (χ1v) is 8.98. The summed E-state index contributed by atoms with van der Waals surface area (Å²) >= 11 is 0. The zero-order valence-corrected chi connectivity index (χ0v) is 14.7. The van der Waals surface area contributed by atoms with E-state index in [9.17, 15) is 17.6 Å². The molecule has 0 aliphatic rings. The second-order valence-corrected chi connectivity index (χ2v) is 7.10. The van der Waals surface area contributed by atoms with Gasteiger partial charge in [0.1, 0.15) is 5.82 Å². The minimum atomic E-state index is -3.75. The van der Waals surface area contributed by atoms with Crippen LogP contribution in [0.15, 0.2) is 47.4 Å². The molecule has 6 nitrogen and oxygen atoms in total. The molecule has 0 radical (unpaired) electrons. The predicted molar refractivity (Wildman–Crippen MR) is 92.6 cm³/mol. The number of methoxy groups -OCH3 is 1. The monoisotopic (exact) mass is 366 g/mol. The van der Waals surface area contributed by atoms with E-state index in [1.54, 1.807) is 19.1 Å². The molecule has 8 heteroatoms. The minimum absolute atomic E-state index is 0.0291. The number of hydrogen-bond acceptors (Lipinski definition) is 4. The Hall–Kier alpha value is -2.29. The van der Waals surface area contributed by atoms with Gasteiger partial charge in [-0.05, 0) is 42.8 Å². The summed E-state index contributed by atoms with van der Waals surface area (Å²) in [5.41, 5.74) is 1.08. The van der Waals surface area contributed by atoms with Crippen molar-refractivity contribution in [3.63, 3.8) is 0 Å². The first-order valence-electron chi connectivity index (χ1n) is 7.49. The fourth-order valence-electron chi connectivity index (χ4n) is 2.14. The number of benzene rings is 2. The first kappa shape index (κ1) is 19.0. The molecule has 2 aromatic rings. The van der Waals surface area contributed by atoms with Crippen LogP contribution in [0, 0.1) is 12.7 Å². The van der Waals surface area contributed by atoms with Gasteiger partial charge in [-0.2, -0.15) is 0 Å². The molecule has 0 spiro atoms. The Morgan fingerprint density at radius 3 is 2.64 bits per heavy atom. The van der Waals surface area contributed by atoms with E-state index in [1.165, 1.54) is 37.4 Å². The van der Waals surface area contributed by atoms with Crippen LogP contribution in [0.25, 0.3) is 0 Å². The summed E-state index contributed by atoms with van der Waals surface area (Å²) in [6.07, 6.45) is 0. The van der Waals surface area contributed by atoms with Gasteiger partial charge < -0.3 is 10.1 Å². The van der Waals surface area contributed by atoms with Crippen LogP contribution in [0.3, 0.4) is 0 Å². The standard InChI is InChI=1S/C17H19FN2O4S/c1-12-6-7-15(25(22,23)19-8-9-24-2)11-16(12)17(21)20-14-5-3-4-13(18)10-14/h3-7,10-11,19H,8-9H2,1-2H3,(H,20,21). The van der Waals surface area contributed by atoms with Gasteiger partial charge in [-0.25, -0.2) is 17.5 Å². The smallest absolute Gasteiger partial charge is 0.255 e. The average molecular weight is 366 g/mol. The van der Waals surface area contributed by atoms with Gasteiger partial charge in [-0.15, -0.1) is 0 Å². The summed E-state index contributed by atoms with van der Waals surface area (Å²) in [6, 6.07) is 9.72. The quantitative estimate of drug-likeness (QED) is 0.737. The van der Waals surface area contributed by atoms with Crippen molar-refractivity contribution < 1.29 is 22.3 Å². The van der Waals surface area contributed by atoms with Crippen molar-refractivity contribution >= 4 is 21.6 Å². The van der Waals surface area contributed by atoms with Crippen LogP contribution < -0.4 is 10.0 Å². The molecule has 2 aromatic carbocycles. The van der Waals surface area contributed by atoms with Crippen molar-refractivity contribution in [2.45, 2.75) is 11.8 Å². The molecule has 0 unspecified atom stereocenters. The Morgan fingerprint density at radius 2 is 1.96 bits per heavy atom. The van der Waals surface area contributed by atoms with Crippen molar-refractivity contribution in [2.75, 3.05) is 25.6 Å². The molecule has 0 heterocycles. The van der Waals surface area contributed by atoms with E-state index in [4.69, 9.17) is 4.74 Å². The maximum absolute atomic E-state index is 13.2. The highest BCUT2D eigenvalue weighted by Crippen LogP contribution is 2.18. The van der Waals surface area contributed by atoms with E-state index < -0.39 is 21.7 Å². The Bertz CT molecular complexity index is 869. The molecule has 0 aliphatic carbocycles. The van der Waals surface area contributed by atoms with E-state index in [1.807, 2.05) is 0 Å². The van der Waals surface area contributed by atoms with E-state index in [2.05, 4.69) is 10.0 Å². The van der Waals surface area contributed by atoms with Crippen LogP contribution in [-0.2, 0) is 14.8 Å². The number of anilines is 1. The maximum atomic E-state index is 13.2. The lowest BCUT2D eigenvalue weighted by Gasteiger charge is -2.11. The van der Waals surface area contributed by atoms with Crippen LogP contribution in [0.4, 0.5) is 10.1 Å². The largest absolute Gasteiger partial charge is 0.383 e. The van der Waals surface area contributed by atoms with Crippen molar-refractivity contribution in [1.29, 1.82) is 0 Å². The van der Waals surface area contributed by atoms with Crippen molar-refractivity contribution in [2.24, 2.45) is 0 Å². The van der Waals surface area contributed by atoms with Gasteiger partial charge in [0, 0.05) is 24.9 Å². The highest BCUT2D eigenvalue weighted by Gasteiger charge is 2.18. The highest BCUT2D eigenvalue weighted by atomic mass is 32.2. The molecule has 0 fully saturated rings. The fraction of sp³-hybridized carbons (Fsp3) is 0.235. The van der Waals surface area contributed by atoms with Crippen LogP contribution >= 0.6 is 0 Å². The summed E-state index contributed by atoms with van der Waals surface area (Å²) in [6.45, 7) is 2.05. The summed E-state index contributed by atoms with van der Waals surface area (Å²) in [5, 5.41) is 2.56. The number of carbonyl (C=O) groups is 1. The molecule has 0 bridgehead atoms. The molecule has 0 atom stereocenters. The molecule has 134 valence electrons. The summed E-state index contributed by atoms with van der Waals surface area (Å²) in [4.78, 5) is 12.4. The van der Waals surface area contributed by atoms with Crippen LogP contribution in [-0.4, -0.2) is 34.6 Å². The molecule has 25 heavy (non-hydrogen) atoms. The van der Waals surface area contributed by atoms with Crippen molar-refractivity contribution in [1.82, 2.24) is 4.72 Å². The van der Waals surface area contributed by atoms with Crippen LogP contribution in [0.5, 0.6) is 0 Å². The lowest BCUT2D eigenvalue weighted by Crippen LogP contribution is -2.27.